The minimum absolute atomic E-state index is 0.952. The first kappa shape index (κ1) is 13.2. The highest BCUT2D eigenvalue weighted by molar-refractivity contribution is 7.83. The zero-order valence-electron chi connectivity index (χ0n) is 10.7. The van der Waals surface area contributed by atoms with E-state index in [0.717, 1.165) is 15.5 Å². The molecule has 0 saturated heterocycles. The Kier molecular flexibility index (Phi) is 4.00. The fraction of sp³-hybridized carbons (Fsp3) is 0. The number of benzene rings is 2. The third-order valence-electron chi connectivity index (χ3n) is 2.91. The van der Waals surface area contributed by atoms with Gasteiger partial charge in [-0.05, 0) is 23.8 Å². The monoisotopic (exact) mass is 295 g/mol. The first-order chi connectivity index (χ1) is 9.83. The molecule has 0 spiro atoms. The number of thiophene rings is 1. The second kappa shape index (κ2) is 6.07. The van der Waals surface area contributed by atoms with E-state index in [1.165, 1.54) is 10.4 Å². The van der Waals surface area contributed by atoms with Crippen molar-refractivity contribution in [3.05, 3.63) is 72.3 Å². The quantitative estimate of drug-likeness (QED) is 0.487. The van der Waals surface area contributed by atoms with Gasteiger partial charge in [0.25, 0.3) is 0 Å². The van der Waals surface area contributed by atoms with Gasteiger partial charge in [0.2, 0.25) is 0 Å². The van der Waals surface area contributed by atoms with E-state index in [1.807, 2.05) is 54.7 Å². The Morgan fingerprint density at radius 3 is 2.25 bits per heavy atom. The zero-order valence-corrected chi connectivity index (χ0v) is 12.4. The van der Waals surface area contributed by atoms with Crippen molar-refractivity contribution in [1.29, 1.82) is 0 Å². The molecule has 0 saturated carbocycles. The van der Waals surface area contributed by atoms with Crippen molar-refractivity contribution in [1.82, 2.24) is 0 Å². The molecule has 0 fully saturated rings. The lowest BCUT2D eigenvalue weighted by Gasteiger charge is -1.94. The van der Waals surface area contributed by atoms with E-state index in [1.54, 1.807) is 11.3 Å². The molecule has 0 unspecified atom stereocenters. The Labute approximate surface area is 128 Å². The first-order valence-electron chi connectivity index (χ1n) is 6.30. The summed E-state index contributed by atoms with van der Waals surface area (Å²) in [6.45, 7) is 0. The summed E-state index contributed by atoms with van der Waals surface area (Å²) in [6, 6.07) is 22.4. The van der Waals surface area contributed by atoms with Gasteiger partial charge in [-0.25, -0.2) is 0 Å². The number of thiol groups is 1. The van der Waals surface area contributed by atoms with E-state index < -0.39 is 0 Å². The summed E-state index contributed by atoms with van der Waals surface area (Å²) >= 11 is 6.22. The summed E-state index contributed by atoms with van der Waals surface area (Å²) in [5, 5.41) is 0. The Morgan fingerprint density at radius 1 is 0.900 bits per heavy atom. The second-order valence-electron chi connectivity index (χ2n) is 4.33. The molecule has 3 heteroatoms. The molecule has 0 aliphatic heterocycles. The van der Waals surface area contributed by atoms with Crippen molar-refractivity contribution in [2.75, 3.05) is 0 Å². The predicted molar refractivity (Wildman–Crippen MR) is 90.7 cm³/mol. The third kappa shape index (κ3) is 3.00. The van der Waals surface area contributed by atoms with Crippen LogP contribution in [0.25, 0.3) is 10.4 Å². The molecule has 3 aromatic rings. The summed E-state index contributed by atoms with van der Waals surface area (Å²) in [6.07, 6.45) is 1.88. The molecular formula is C17H13NS2. The molecule has 98 valence electrons. The Balaban J connectivity index is 1.89. The molecule has 0 radical (unpaired) electrons. The molecular weight excluding hydrogens is 282 g/mol. The van der Waals surface area contributed by atoms with Crippen molar-refractivity contribution >= 4 is 35.9 Å². The highest BCUT2D eigenvalue weighted by Crippen LogP contribution is 2.33. The topological polar surface area (TPSA) is 12.4 Å². The van der Waals surface area contributed by atoms with E-state index in [9.17, 15) is 0 Å². The molecule has 0 bridgehead atoms. The van der Waals surface area contributed by atoms with Gasteiger partial charge in [-0.15, -0.1) is 24.0 Å². The molecule has 0 amide bonds. The average Bonchev–Trinajstić information content (AvgIpc) is 2.88. The number of nitrogens with zero attached hydrogens (tertiary/aromatic N) is 1. The predicted octanol–water partition coefficient (Wildman–Crippen LogP) is 5.45. The summed E-state index contributed by atoms with van der Waals surface area (Å²) in [4.78, 5) is 5.69. The van der Waals surface area contributed by atoms with Gasteiger partial charge in [-0.2, -0.15) is 0 Å². The van der Waals surface area contributed by atoms with E-state index in [2.05, 4.69) is 35.8 Å². The van der Waals surface area contributed by atoms with Gasteiger partial charge in [0.05, 0.1) is 9.90 Å². The molecule has 0 atom stereocenters. The largest absolute Gasteiger partial charge is 0.256 e. The molecule has 0 aliphatic rings. The molecule has 1 heterocycles. The number of hydrogen-bond acceptors (Lipinski definition) is 3. The van der Waals surface area contributed by atoms with Crippen LogP contribution in [0.5, 0.6) is 0 Å². The van der Waals surface area contributed by atoms with Crippen molar-refractivity contribution in [3.63, 3.8) is 0 Å². The van der Waals surface area contributed by atoms with Gasteiger partial charge in [-0.3, -0.25) is 4.99 Å². The van der Waals surface area contributed by atoms with Crippen molar-refractivity contribution in [3.8, 4) is 10.4 Å². The van der Waals surface area contributed by atoms with Crippen molar-refractivity contribution < 1.29 is 0 Å². The van der Waals surface area contributed by atoms with E-state index in [0.29, 0.717) is 0 Å². The summed E-state index contributed by atoms with van der Waals surface area (Å²) in [7, 11) is 0. The fourth-order valence-corrected chi connectivity index (χ4v) is 3.19. The van der Waals surface area contributed by atoms with Gasteiger partial charge in [0, 0.05) is 16.7 Å². The lowest BCUT2D eigenvalue weighted by Crippen LogP contribution is -1.76. The standard InChI is InChI=1S/C17H13NS2/c19-17-14(12-18-15-9-5-2-6-10-15)11-16(20-17)13-7-3-1-4-8-13/h1-12,19H. The molecule has 2 aromatic carbocycles. The van der Waals surface area contributed by atoms with Crippen LogP contribution < -0.4 is 0 Å². The third-order valence-corrected chi connectivity index (χ3v) is 4.44. The van der Waals surface area contributed by atoms with Crippen LogP contribution in [0.3, 0.4) is 0 Å². The van der Waals surface area contributed by atoms with E-state index >= 15 is 0 Å². The minimum atomic E-state index is 0.952. The van der Waals surface area contributed by atoms with Crippen LogP contribution in [0.1, 0.15) is 5.56 Å². The molecule has 20 heavy (non-hydrogen) atoms. The van der Waals surface area contributed by atoms with Crippen LogP contribution in [0.4, 0.5) is 5.69 Å². The van der Waals surface area contributed by atoms with Gasteiger partial charge in [-0.1, -0.05) is 48.5 Å². The van der Waals surface area contributed by atoms with Crippen LogP contribution in [0, 0.1) is 0 Å². The molecule has 0 aliphatic carbocycles. The Bertz CT molecular complexity index is 715. The van der Waals surface area contributed by atoms with Crippen molar-refractivity contribution in [2.45, 2.75) is 4.21 Å². The second-order valence-corrected chi connectivity index (χ2v) is 6.13. The molecule has 0 N–H and O–H groups in total. The highest BCUT2D eigenvalue weighted by atomic mass is 32.2. The lowest BCUT2D eigenvalue weighted by atomic mass is 10.2. The van der Waals surface area contributed by atoms with Crippen LogP contribution >= 0.6 is 24.0 Å². The Hall–Kier alpha value is -1.84. The lowest BCUT2D eigenvalue weighted by molar-refractivity contribution is 1.52. The smallest absolute Gasteiger partial charge is 0.0662 e. The van der Waals surface area contributed by atoms with Crippen LogP contribution in [0.2, 0.25) is 0 Å². The SMILES string of the molecule is Sc1sc(-c2ccccc2)cc1C=Nc1ccccc1. The molecule has 1 nitrogen and oxygen atoms in total. The van der Waals surface area contributed by atoms with E-state index in [4.69, 9.17) is 0 Å². The number of hydrogen-bond donors (Lipinski definition) is 1. The van der Waals surface area contributed by atoms with Crippen LogP contribution in [-0.4, -0.2) is 6.21 Å². The zero-order chi connectivity index (χ0) is 13.8. The van der Waals surface area contributed by atoms with Crippen LogP contribution in [0.15, 0.2) is 75.9 Å². The summed E-state index contributed by atoms with van der Waals surface area (Å²) in [5.74, 6) is 0. The Morgan fingerprint density at radius 2 is 1.55 bits per heavy atom. The van der Waals surface area contributed by atoms with Gasteiger partial charge < -0.3 is 0 Å². The maximum atomic E-state index is 4.54. The highest BCUT2D eigenvalue weighted by Gasteiger charge is 2.05. The maximum absolute atomic E-state index is 4.54. The van der Waals surface area contributed by atoms with Crippen LogP contribution in [-0.2, 0) is 0 Å². The average molecular weight is 295 g/mol. The summed E-state index contributed by atoms with van der Waals surface area (Å²) < 4.78 is 0.989. The van der Waals surface area contributed by atoms with Gasteiger partial charge in [0.1, 0.15) is 0 Å². The normalized spacial score (nSPS) is 11.1. The van der Waals surface area contributed by atoms with Crippen molar-refractivity contribution in [2.24, 2.45) is 4.99 Å². The summed E-state index contributed by atoms with van der Waals surface area (Å²) in [5.41, 5.74) is 3.22. The minimum Gasteiger partial charge on any atom is -0.256 e. The van der Waals surface area contributed by atoms with Gasteiger partial charge >= 0.3 is 0 Å². The fourth-order valence-electron chi connectivity index (χ4n) is 1.89. The van der Waals surface area contributed by atoms with E-state index in [-0.39, 0.29) is 0 Å². The molecule has 1 aromatic heterocycles. The van der Waals surface area contributed by atoms with Gasteiger partial charge in [0.15, 0.2) is 0 Å². The maximum Gasteiger partial charge on any atom is 0.0662 e. The first-order valence-corrected chi connectivity index (χ1v) is 7.56. The number of para-hydroxylation sites is 1. The number of aliphatic imine (C=N–C) groups is 1. The number of rotatable bonds is 3. The molecule has 3 rings (SSSR count).